The summed E-state index contributed by atoms with van der Waals surface area (Å²) in [6.07, 6.45) is 1.86. The second-order valence-corrected chi connectivity index (χ2v) is 6.23. The van der Waals surface area contributed by atoms with Crippen molar-refractivity contribution < 1.29 is 9.18 Å². The van der Waals surface area contributed by atoms with Crippen LogP contribution < -0.4 is 4.90 Å². The highest BCUT2D eigenvalue weighted by molar-refractivity contribution is 9.10. The van der Waals surface area contributed by atoms with Crippen LogP contribution in [0.2, 0.25) is 0 Å². The van der Waals surface area contributed by atoms with Crippen molar-refractivity contribution in [3.63, 3.8) is 0 Å². The van der Waals surface area contributed by atoms with Gasteiger partial charge in [0.15, 0.2) is 0 Å². The SMILES string of the molecule is Cc1ccc2c(c1)CCCN2C(=O)c1cc(Br)ccc1F. The lowest BCUT2D eigenvalue weighted by molar-refractivity contribution is 0.0981. The molecule has 0 aliphatic carbocycles. The van der Waals surface area contributed by atoms with Crippen molar-refractivity contribution in [3.8, 4) is 0 Å². The van der Waals surface area contributed by atoms with E-state index in [1.807, 2.05) is 19.1 Å². The summed E-state index contributed by atoms with van der Waals surface area (Å²) in [5.74, 6) is -0.763. The Morgan fingerprint density at radius 3 is 2.86 bits per heavy atom. The Hall–Kier alpha value is -1.68. The van der Waals surface area contributed by atoms with Gasteiger partial charge in [-0.2, -0.15) is 0 Å². The van der Waals surface area contributed by atoms with Gasteiger partial charge in [-0.25, -0.2) is 4.39 Å². The van der Waals surface area contributed by atoms with Gasteiger partial charge in [0.05, 0.1) is 5.56 Å². The molecule has 0 spiro atoms. The summed E-state index contributed by atoms with van der Waals surface area (Å²) in [7, 11) is 0. The molecule has 1 amide bonds. The molecule has 0 radical (unpaired) electrons. The van der Waals surface area contributed by atoms with Crippen LogP contribution in [-0.2, 0) is 6.42 Å². The smallest absolute Gasteiger partial charge is 0.261 e. The Labute approximate surface area is 131 Å². The number of carbonyl (C=O) groups excluding carboxylic acids is 1. The number of hydrogen-bond donors (Lipinski definition) is 0. The second kappa shape index (κ2) is 5.60. The van der Waals surface area contributed by atoms with E-state index in [1.165, 1.54) is 11.6 Å². The molecule has 0 saturated heterocycles. The zero-order valence-corrected chi connectivity index (χ0v) is 13.3. The van der Waals surface area contributed by atoms with Crippen LogP contribution >= 0.6 is 15.9 Å². The second-order valence-electron chi connectivity index (χ2n) is 5.32. The molecule has 0 bridgehead atoms. The van der Waals surface area contributed by atoms with E-state index in [0.29, 0.717) is 11.0 Å². The maximum absolute atomic E-state index is 13.9. The normalized spacial score (nSPS) is 14.0. The van der Waals surface area contributed by atoms with Crippen molar-refractivity contribution in [2.75, 3.05) is 11.4 Å². The lowest BCUT2D eigenvalue weighted by Gasteiger charge is -2.30. The molecule has 0 atom stereocenters. The van der Waals surface area contributed by atoms with Crippen molar-refractivity contribution in [1.29, 1.82) is 0 Å². The predicted octanol–water partition coefficient (Wildman–Crippen LogP) is 4.49. The van der Waals surface area contributed by atoms with Gasteiger partial charge >= 0.3 is 0 Å². The molecule has 21 heavy (non-hydrogen) atoms. The fraction of sp³-hybridized carbons (Fsp3) is 0.235. The van der Waals surface area contributed by atoms with E-state index in [1.54, 1.807) is 17.0 Å². The van der Waals surface area contributed by atoms with Crippen molar-refractivity contribution in [3.05, 3.63) is 63.4 Å². The fourth-order valence-corrected chi connectivity index (χ4v) is 3.10. The van der Waals surface area contributed by atoms with Gasteiger partial charge in [0.2, 0.25) is 0 Å². The molecule has 2 nitrogen and oxygen atoms in total. The van der Waals surface area contributed by atoms with Crippen molar-refractivity contribution >= 4 is 27.5 Å². The van der Waals surface area contributed by atoms with Crippen LogP contribution in [0.3, 0.4) is 0 Å². The number of fused-ring (bicyclic) bond motifs is 1. The molecule has 0 N–H and O–H groups in total. The highest BCUT2D eigenvalue weighted by atomic mass is 79.9. The third-order valence-electron chi connectivity index (χ3n) is 3.76. The molecule has 0 aromatic heterocycles. The van der Waals surface area contributed by atoms with Gasteiger partial charge in [-0.3, -0.25) is 4.79 Å². The zero-order valence-electron chi connectivity index (χ0n) is 11.7. The van der Waals surface area contributed by atoms with Crippen LogP contribution in [0, 0.1) is 12.7 Å². The highest BCUT2D eigenvalue weighted by Gasteiger charge is 2.25. The number of aryl methyl sites for hydroxylation is 2. The topological polar surface area (TPSA) is 20.3 Å². The number of carbonyl (C=O) groups is 1. The average molecular weight is 348 g/mol. The molecule has 3 rings (SSSR count). The van der Waals surface area contributed by atoms with Gasteiger partial charge in [0, 0.05) is 16.7 Å². The first kappa shape index (κ1) is 14.3. The van der Waals surface area contributed by atoms with Crippen molar-refractivity contribution in [2.45, 2.75) is 19.8 Å². The number of rotatable bonds is 1. The molecule has 1 heterocycles. The van der Waals surface area contributed by atoms with E-state index in [0.717, 1.165) is 24.1 Å². The predicted molar refractivity (Wildman–Crippen MR) is 85.3 cm³/mol. The molecule has 0 fully saturated rings. The van der Waals surface area contributed by atoms with Crippen LogP contribution in [0.1, 0.15) is 27.9 Å². The van der Waals surface area contributed by atoms with Crippen LogP contribution in [-0.4, -0.2) is 12.5 Å². The maximum Gasteiger partial charge on any atom is 0.261 e. The minimum Gasteiger partial charge on any atom is -0.308 e. The number of halogens is 2. The molecule has 2 aromatic carbocycles. The summed E-state index contributed by atoms with van der Waals surface area (Å²) in [4.78, 5) is 14.4. The van der Waals surface area contributed by atoms with E-state index < -0.39 is 5.82 Å². The Balaban J connectivity index is 2.02. The van der Waals surface area contributed by atoms with Crippen molar-refractivity contribution in [1.82, 2.24) is 0 Å². The standard InChI is InChI=1S/C17H15BrFNO/c1-11-4-7-16-12(9-11)3-2-8-20(16)17(21)14-10-13(18)5-6-15(14)19/h4-7,9-10H,2-3,8H2,1H3. The van der Waals surface area contributed by atoms with Gasteiger partial charge in [0.1, 0.15) is 5.82 Å². The van der Waals surface area contributed by atoms with E-state index in [2.05, 4.69) is 22.0 Å². The van der Waals surface area contributed by atoms with Crippen LogP contribution in [0.4, 0.5) is 10.1 Å². The van der Waals surface area contributed by atoms with Gasteiger partial charge < -0.3 is 4.90 Å². The summed E-state index contributed by atoms with van der Waals surface area (Å²) in [6.45, 7) is 2.66. The molecule has 1 aliphatic heterocycles. The monoisotopic (exact) mass is 347 g/mol. The van der Waals surface area contributed by atoms with Gasteiger partial charge in [-0.15, -0.1) is 0 Å². The van der Waals surface area contributed by atoms with Gasteiger partial charge in [-0.1, -0.05) is 33.6 Å². The molecular formula is C17H15BrFNO. The van der Waals surface area contributed by atoms with E-state index in [4.69, 9.17) is 0 Å². The molecule has 4 heteroatoms. The summed E-state index contributed by atoms with van der Waals surface area (Å²) in [6, 6.07) is 10.5. The number of anilines is 1. The third-order valence-corrected chi connectivity index (χ3v) is 4.25. The van der Waals surface area contributed by atoms with Crippen LogP contribution in [0.15, 0.2) is 40.9 Å². The number of hydrogen-bond acceptors (Lipinski definition) is 1. The molecule has 0 saturated carbocycles. The summed E-state index contributed by atoms with van der Waals surface area (Å²) in [5, 5.41) is 0. The molecular weight excluding hydrogens is 333 g/mol. The Bertz CT molecular complexity index is 714. The van der Waals surface area contributed by atoms with Crippen LogP contribution in [0.25, 0.3) is 0 Å². The third kappa shape index (κ3) is 2.72. The summed E-state index contributed by atoms with van der Waals surface area (Å²) in [5.41, 5.74) is 3.34. The molecule has 1 aliphatic rings. The maximum atomic E-state index is 13.9. The first-order valence-electron chi connectivity index (χ1n) is 6.93. The van der Waals surface area contributed by atoms with E-state index in [9.17, 15) is 9.18 Å². The minimum atomic E-state index is -0.484. The van der Waals surface area contributed by atoms with Gasteiger partial charge in [-0.05, 0) is 49.6 Å². The van der Waals surface area contributed by atoms with E-state index >= 15 is 0 Å². The first-order chi connectivity index (χ1) is 10.1. The molecule has 2 aromatic rings. The summed E-state index contributed by atoms with van der Waals surface area (Å²) >= 11 is 3.29. The number of benzene rings is 2. The summed E-state index contributed by atoms with van der Waals surface area (Å²) < 4.78 is 14.6. The van der Waals surface area contributed by atoms with E-state index in [-0.39, 0.29) is 11.5 Å². The first-order valence-corrected chi connectivity index (χ1v) is 7.72. The average Bonchev–Trinajstić information content (AvgIpc) is 2.48. The molecule has 108 valence electrons. The van der Waals surface area contributed by atoms with Gasteiger partial charge in [0.25, 0.3) is 5.91 Å². The highest BCUT2D eigenvalue weighted by Crippen LogP contribution is 2.30. The lowest BCUT2D eigenvalue weighted by Crippen LogP contribution is -2.36. The van der Waals surface area contributed by atoms with Crippen molar-refractivity contribution in [2.24, 2.45) is 0 Å². The Morgan fingerprint density at radius 1 is 1.24 bits per heavy atom. The molecule has 0 unspecified atom stereocenters. The number of nitrogens with zero attached hydrogens (tertiary/aromatic N) is 1. The quantitative estimate of drug-likeness (QED) is 0.744. The lowest BCUT2D eigenvalue weighted by atomic mass is 9.99. The zero-order chi connectivity index (χ0) is 15.0. The number of amides is 1. The Morgan fingerprint density at radius 2 is 2.05 bits per heavy atom. The fourth-order valence-electron chi connectivity index (χ4n) is 2.74. The minimum absolute atomic E-state index is 0.109. The van der Waals surface area contributed by atoms with Crippen LogP contribution in [0.5, 0.6) is 0 Å². The Kier molecular flexibility index (Phi) is 3.81. The largest absolute Gasteiger partial charge is 0.308 e.